The zero-order valence-corrected chi connectivity index (χ0v) is 22.6. The van der Waals surface area contributed by atoms with Crippen LogP contribution in [0.2, 0.25) is 38.3 Å². The fourth-order valence-corrected chi connectivity index (χ4v) is 12.3. The van der Waals surface area contributed by atoms with Gasteiger partial charge in [-0.3, -0.25) is 0 Å². The van der Waals surface area contributed by atoms with Crippen LogP contribution in [0.15, 0.2) is 25.3 Å². The molecule has 0 heterocycles. The first kappa shape index (κ1) is 29.8. The lowest BCUT2D eigenvalue weighted by molar-refractivity contribution is -0.151. The van der Waals surface area contributed by atoms with Gasteiger partial charge in [0.1, 0.15) is 13.2 Å². The van der Waals surface area contributed by atoms with Gasteiger partial charge in [-0.1, -0.05) is 39.8 Å². The van der Waals surface area contributed by atoms with Crippen LogP contribution < -0.4 is 0 Å². The number of hydrogen-bond acceptors (Lipinski definition) is 6. The molecular weight excluding hydrogens is 428 g/mol. The molecule has 6 nitrogen and oxygen atoms in total. The van der Waals surface area contributed by atoms with Crippen molar-refractivity contribution in [2.24, 2.45) is 5.41 Å². The van der Waals surface area contributed by atoms with E-state index in [1.165, 1.54) is 18.9 Å². The highest BCUT2D eigenvalue weighted by atomic mass is 28.4. The second-order valence-corrected chi connectivity index (χ2v) is 18.2. The summed E-state index contributed by atoms with van der Waals surface area (Å²) in [4.78, 5) is 23.0. The van der Waals surface area contributed by atoms with Gasteiger partial charge in [-0.05, 0) is 51.1 Å². The molecule has 0 saturated carbocycles. The van der Waals surface area contributed by atoms with Crippen molar-refractivity contribution in [1.82, 2.24) is 0 Å². The molecule has 0 aliphatic heterocycles. The largest absolute Gasteiger partial charge is 0.462 e. The van der Waals surface area contributed by atoms with E-state index < -0.39 is 34.0 Å². The van der Waals surface area contributed by atoms with Crippen LogP contribution in [0.5, 0.6) is 0 Å². The van der Waals surface area contributed by atoms with E-state index in [0.29, 0.717) is 19.6 Å². The zero-order chi connectivity index (χ0) is 24.0. The Morgan fingerprint density at radius 1 is 0.839 bits per heavy atom. The highest BCUT2D eigenvalue weighted by molar-refractivity contribution is 6.84. The highest BCUT2D eigenvalue weighted by Gasteiger charge is 2.34. The van der Waals surface area contributed by atoms with E-state index >= 15 is 0 Å². The third-order valence-electron chi connectivity index (χ3n) is 5.29. The van der Waals surface area contributed by atoms with Crippen LogP contribution in [0.4, 0.5) is 0 Å². The first-order valence-electron chi connectivity index (χ1n) is 11.3. The normalized spacial score (nSPS) is 12.3. The maximum Gasteiger partial charge on any atom is 0.330 e. The van der Waals surface area contributed by atoms with E-state index in [2.05, 4.69) is 46.3 Å². The predicted molar refractivity (Wildman–Crippen MR) is 131 cm³/mol. The molecule has 0 aliphatic carbocycles. The summed E-state index contributed by atoms with van der Waals surface area (Å²) >= 11 is 0. The van der Waals surface area contributed by atoms with Gasteiger partial charge >= 0.3 is 11.9 Å². The van der Waals surface area contributed by atoms with Crippen molar-refractivity contribution in [3.63, 3.8) is 0 Å². The monoisotopic (exact) mass is 472 g/mol. The number of carbonyl (C=O) groups excluding carboxylic acids is 2. The quantitative estimate of drug-likeness (QED) is 0.114. The fourth-order valence-electron chi connectivity index (χ4n) is 3.34. The van der Waals surface area contributed by atoms with Crippen molar-refractivity contribution >= 4 is 28.6 Å². The number of hydrogen-bond donors (Lipinski definition) is 0. The lowest BCUT2D eigenvalue weighted by Crippen LogP contribution is -2.44. The van der Waals surface area contributed by atoms with E-state index in [0.717, 1.165) is 24.6 Å². The molecule has 0 saturated heterocycles. The molecule has 0 rings (SSSR count). The van der Waals surface area contributed by atoms with E-state index in [-0.39, 0.29) is 13.2 Å². The lowest BCUT2D eigenvalue weighted by Gasteiger charge is -2.34. The van der Waals surface area contributed by atoms with Crippen LogP contribution in [-0.2, 0) is 27.9 Å². The Balaban J connectivity index is 4.70. The van der Waals surface area contributed by atoms with Crippen molar-refractivity contribution in [3.05, 3.63) is 25.3 Å². The first-order chi connectivity index (χ1) is 14.4. The fraction of sp³-hybridized carbons (Fsp3) is 0.739. The summed E-state index contributed by atoms with van der Waals surface area (Å²) in [7, 11) is -3.35. The summed E-state index contributed by atoms with van der Waals surface area (Å²) in [6.07, 6.45) is 6.22. The molecule has 0 spiro atoms. The standard InChI is InChI=1S/C23H44O6Si2/c1-9-13-16-30(5,6)29-31(7,8)17-14-15-26-18-23(12-4,19-27-21(24)10-2)20-28-22(25)11-3/h10-11H,2-3,9,12-20H2,1,4-8H3. The van der Waals surface area contributed by atoms with Gasteiger partial charge in [-0.15, -0.1) is 0 Å². The van der Waals surface area contributed by atoms with Crippen molar-refractivity contribution in [1.29, 1.82) is 0 Å². The van der Waals surface area contributed by atoms with Gasteiger partial charge in [0, 0.05) is 18.8 Å². The molecule has 0 aromatic carbocycles. The number of esters is 2. The van der Waals surface area contributed by atoms with Crippen molar-refractivity contribution in [3.8, 4) is 0 Å². The molecule has 0 aliphatic rings. The average molecular weight is 473 g/mol. The van der Waals surface area contributed by atoms with E-state index in [1.807, 2.05) is 6.92 Å². The van der Waals surface area contributed by atoms with Gasteiger partial charge in [0.25, 0.3) is 0 Å². The summed E-state index contributed by atoms with van der Waals surface area (Å²) in [5, 5.41) is 0. The maximum absolute atomic E-state index is 11.5. The predicted octanol–water partition coefficient (Wildman–Crippen LogP) is 5.47. The molecule has 0 aromatic heterocycles. The Kier molecular flexibility index (Phi) is 14.2. The number of ether oxygens (including phenoxy) is 3. The van der Waals surface area contributed by atoms with Gasteiger partial charge < -0.3 is 18.3 Å². The minimum Gasteiger partial charge on any atom is -0.462 e. The lowest BCUT2D eigenvalue weighted by atomic mass is 9.88. The third-order valence-corrected chi connectivity index (χ3v) is 12.8. The van der Waals surface area contributed by atoms with Crippen molar-refractivity contribution in [2.75, 3.05) is 26.4 Å². The van der Waals surface area contributed by atoms with Gasteiger partial charge in [-0.25, -0.2) is 9.59 Å². The molecule has 0 radical (unpaired) electrons. The highest BCUT2D eigenvalue weighted by Crippen LogP contribution is 2.26. The smallest absolute Gasteiger partial charge is 0.330 e. The minimum absolute atomic E-state index is 0.0966. The molecule has 0 aromatic rings. The van der Waals surface area contributed by atoms with E-state index in [1.54, 1.807) is 0 Å². The molecule has 0 bridgehead atoms. The van der Waals surface area contributed by atoms with Gasteiger partial charge in [0.05, 0.1) is 12.0 Å². The maximum atomic E-state index is 11.5. The molecule has 31 heavy (non-hydrogen) atoms. The second-order valence-electron chi connectivity index (χ2n) is 9.36. The Bertz CT molecular complexity index is 550. The Labute approximate surface area is 191 Å². The average Bonchev–Trinajstić information content (AvgIpc) is 2.72. The van der Waals surface area contributed by atoms with Crippen LogP contribution in [0, 0.1) is 5.41 Å². The molecule has 180 valence electrons. The Hall–Kier alpha value is -1.23. The minimum atomic E-state index is -1.74. The molecule has 0 fully saturated rings. The Morgan fingerprint density at radius 2 is 1.32 bits per heavy atom. The van der Waals surface area contributed by atoms with Crippen molar-refractivity contribution in [2.45, 2.75) is 77.8 Å². The summed E-state index contributed by atoms with van der Waals surface area (Å²) in [6, 6.07) is 2.24. The summed E-state index contributed by atoms with van der Waals surface area (Å²) < 4.78 is 23.1. The zero-order valence-electron chi connectivity index (χ0n) is 20.6. The van der Waals surface area contributed by atoms with Crippen LogP contribution in [-0.4, -0.2) is 55.0 Å². The molecule has 8 heteroatoms. The van der Waals surface area contributed by atoms with Crippen LogP contribution in [0.1, 0.15) is 39.5 Å². The topological polar surface area (TPSA) is 71.1 Å². The van der Waals surface area contributed by atoms with Gasteiger partial charge in [0.2, 0.25) is 0 Å². The number of carbonyl (C=O) groups is 2. The molecule has 0 amide bonds. The first-order valence-corrected chi connectivity index (χ1v) is 17.5. The molecule has 0 N–H and O–H groups in total. The van der Waals surface area contributed by atoms with E-state index in [4.69, 9.17) is 18.3 Å². The van der Waals surface area contributed by atoms with Crippen LogP contribution in [0.3, 0.4) is 0 Å². The third kappa shape index (κ3) is 13.7. The summed E-state index contributed by atoms with van der Waals surface area (Å²) in [5.41, 5.74) is -0.601. The van der Waals surface area contributed by atoms with Crippen LogP contribution >= 0.6 is 0 Å². The summed E-state index contributed by atoms with van der Waals surface area (Å²) in [5.74, 6) is -1.01. The van der Waals surface area contributed by atoms with Gasteiger partial charge in [-0.2, -0.15) is 0 Å². The Morgan fingerprint density at radius 3 is 1.74 bits per heavy atom. The number of unbranched alkanes of at least 4 members (excludes halogenated alkanes) is 1. The van der Waals surface area contributed by atoms with Crippen molar-refractivity contribution < 1.29 is 27.9 Å². The SMILES string of the molecule is C=CC(=O)OCC(CC)(COCCC[Si](C)(C)O[Si](C)(C)CCCC)COC(=O)C=C. The summed E-state index contributed by atoms with van der Waals surface area (Å²) in [6.45, 7) is 21.3. The molecular formula is C23H44O6Si2. The van der Waals surface area contributed by atoms with Gasteiger partial charge in [0.15, 0.2) is 16.6 Å². The number of rotatable bonds is 18. The second kappa shape index (κ2) is 14.8. The van der Waals surface area contributed by atoms with E-state index in [9.17, 15) is 9.59 Å². The molecule has 0 atom stereocenters. The van der Waals surface area contributed by atoms with Crippen LogP contribution in [0.25, 0.3) is 0 Å². The molecule has 0 unspecified atom stereocenters.